The van der Waals surface area contributed by atoms with Gasteiger partial charge in [0.25, 0.3) is 5.91 Å². The molecule has 1 aromatic rings. The molecule has 3 heterocycles. The van der Waals surface area contributed by atoms with Crippen LogP contribution in [-0.4, -0.2) is 75.6 Å². The SMILES string of the molecule is N[C@]1(C(=O)O)C(=O)N2C=C(CSc3nnnn3CC(=O)O)CS[C@H]21. The second kappa shape index (κ2) is 6.07. The van der Waals surface area contributed by atoms with E-state index < -0.39 is 28.8 Å². The molecule has 1 amide bonds. The number of carboxylic acids is 2. The van der Waals surface area contributed by atoms with Crippen molar-refractivity contribution in [2.75, 3.05) is 11.5 Å². The molecule has 1 fully saturated rings. The lowest BCUT2D eigenvalue weighted by atomic mass is 9.89. The van der Waals surface area contributed by atoms with Gasteiger partial charge in [-0.2, -0.15) is 0 Å². The predicted octanol–water partition coefficient (Wildman–Crippen LogP) is -1.57. The molecule has 2 atom stereocenters. The Balaban J connectivity index is 1.65. The zero-order valence-corrected chi connectivity index (χ0v) is 13.7. The van der Waals surface area contributed by atoms with Gasteiger partial charge in [0.15, 0.2) is 0 Å². The fourth-order valence-electron chi connectivity index (χ4n) is 2.30. The monoisotopic (exact) mass is 372 g/mol. The van der Waals surface area contributed by atoms with Gasteiger partial charge in [-0.1, -0.05) is 11.8 Å². The molecule has 0 unspecified atom stereocenters. The molecule has 2 aliphatic heterocycles. The van der Waals surface area contributed by atoms with Gasteiger partial charge < -0.3 is 20.8 Å². The molecule has 1 saturated heterocycles. The number of carbonyl (C=O) groups excluding carboxylic acids is 1. The zero-order chi connectivity index (χ0) is 17.5. The van der Waals surface area contributed by atoms with Gasteiger partial charge in [0.1, 0.15) is 11.9 Å². The lowest BCUT2D eigenvalue weighted by Crippen LogP contribution is -2.79. The maximum Gasteiger partial charge on any atom is 0.336 e. The van der Waals surface area contributed by atoms with Crippen molar-refractivity contribution in [1.82, 2.24) is 25.1 Å². The van der Waals surface area contributed by atoms with Crippen molar-refractivity contribution in [2.24, 2.45) is 5.73 Å². The standard InChI is InChI=1S/C11H12N6O5S2/c12-11(9(21)22)7(20)16-1-5(3-23-8(11)16)4-24-10-13-14-15-17(10)2-6(18)19/h1,8H,2-4,12H2,(H,18,19)(H,21,22)/t8-,11+/m0/s1. The number of carbonyl (C=O) groups is 3. The van der Waals surface area contributed by atoms with Crippen LogP contribution in [0.5, 0.6) is 0 Å². The van der Waals surface area contributed by atoms with Crippen LogP contribution in [0, 0.1) is 0 Å². The van der Waals surface area contributed by atoms with E-state index in [9.17, 15) is 14.4 Å². The smallest absolute Gasteiger partial charge is 0.336 e. The van der Waals surface area contributed by atoms with Crippen LogP contribution in [0.3, 0.4) is 0 Å². The summed E-state index contributed by atoms with van der Waals surface area (Å²) in [6.07, 6.45) is 1.59. The molecule has 4 N–H and O–H groups in total. The van der Waals surface area contributed by atoms with E-state index >= 15 is 0 Å². The predicted molar refractivity (Wildman–Crippen MR) is 81.9 cm³/mol. The van der Waals surface area contributed by atoms with Crippen molar-refractivity contribution in [1.29, 1.82) is 0 Å². The largest absolute Gasteiger partial charge is 0.480 e. The molecule has 0 saturated carbocycles. The average Bonchev–Trinajstić information content (AvgIpc) is 2.97. The van der Waals surface area contributed by atoms with Crippen molar-refractivity contribution < 1.29 is 24.6 Å². The van der Waals surface area contributed by atoms with Gasteiger partial charge in [0.2, 0.25) is 10.7 Å². The number of rotatable bonds is 6. The number of hydrogen-bond donors (Lipinski definition) is 3. The molecule has 2 aliphatic rings. The number of aromatic nitrogens is 4. The fraction of sp³-hybridized carbons (Fsp3) is 0.455. The number of fused-ring (bicyclic) bond motifs is 1. The first-order valence-electron chi connectivity index (χ1n) is 6.61. The molecule has 1 aromatic heterocycles. The van der Waals surface area contributed by atoms with E-state index in [1.807, 2.05) is 0 Å². The highest BCUT2D eigenvalue weighted by Crippen LogP contribution is 2.42. The summed E-state index contributed by atoms with van der Waals surface area (Å²) < 4.78 is 1.16. The third-order valence-electron chi connectivity index (χ3n) is 3.50. The van der Waals surface area contributed by atoms with Gasteiger partial charge in [-0.25, -0.2) is 9.48 Å². The van der Waals surface area contributed by atoms with E-state index in [0.717, 1.165) is 10.3 Å². The highest BCUT2D eigenvalue weighted by atomic mass is 32.2. The minimum atomic E-state index is -1.87. The van der Waals surface area contributed by atoms with E-state index in [0.29, 0.717) is 16.7 Å². The van der Waals surface area contributed by atoms with Crippen LogP contribution in [0.2, 0.25) is 0 Å². The lowest BCUT2D eigenvalue weighted by molar-refractivity contribution is -0.164. The highest BCUT2D eigenvalue weighted by molar-refractivity contribution is 8.01. The molecule has 11 nitrogen and oxygen atoms in total. The molecule has 128 valence electrons. The maximum absolute atomic E-state index is 12.0. The van der Waals surface area contributed by atoms with E-state index in [1.165, 1.54) is 28.4 Å². The number of amides is 1. The molecule has 24 heavy (non-hydrogen) atoms. The van der Waals surface area contributed by atoms with Crippen molar-refractivity contribution >= 4 is 41.4 Å². The molecular weight excluding hydrogens is 360 g/mol. The third-order valence-corrected chi connectivity index (χ3v) is 6.02. The Labute approximate surface area is 143 Å². The number of tetrazole rings is 1. The topological polar surface area (TPSA) is 165 Å². The van der Waals surface area contributed by atoms with Crippen LogP contribution >= 0.6 is 23.5 Å². The Morgan fingerprint density at radius 1 is 1.50 bits per heavy atom. The number of nitrogens with zero attached hydrogens (tertiary/aromatic N) is 5. The van der Waals surface area contributed by atoms with Gasteiger partial charge in [0, 0.05) is 17.7 Å². The Kier molecular flexibility index (Phi) is 4.23. The first kappa shape index (κ1) is 16.7. The van der Waals surface area contributed by atoms with Crippen LogP contribution in [0.15, 0.2) is 16.9 Å². The van der Waals surface area contributed by atoms with Gasteiger partial charge in [0.05, 0.1) is 0 Å². The molecule has 0 radical (unpaired) electrons. The van der Waals surface area contributed by atoms with Gasteiger partial charge >= 0.3 is 11.9 Å². The second-order valence-corrected chi connectivity index (χ2v) is 7.15. The summed E-state index contributed by atoms with van der Waals surface area (Å²) in [5.74, 6) is -2.09. The maximum atomic E-state index is 12.0. The summed E-state index contributed by atoms with van der Waals surface area (Å²) >= 11 is 2.51. The number of hydrogen-bond acceptors (Lipinski definition) is 9. The van der Waals surface area contributed by atoms with E-state index in [-0.39, 0.29) is 6.54 Å². The number of nitrogens with two attached hydrogens (primary N) is 1. The molecular formula is C11H12N6O5S2. The number of β-lactam (4-membered cyclic amide) rings is 1. The Hall–Kier alpha value is -2.12. The Morgan fingerprint density at radius 3 is 2.92 bits per heavy atom. The highest BCUT2D eigenvalue weighted by Gasteiger charge is 2.64. The summed E-state index contributed by atoms with van der Waals surface area (Å²) in [6, 6.07) is 0. The average molecular weight is 372 g/mol. The number of carboxylic acid groups (broad SMARTS) is 2. The van der Waals surface area contributed by atoms with E-state index in [1.54, 1.807) is 6.20 Å². The summed E-state index contributed by atoms with van der Waals surface area (Å²) in [6.45, 7) is -0.343. The lowest BCUT2D eigenvalue weighted by Gasteiger charge is -2.51. The molecule has 3 rings (SSSR count). The first-order chi connectivity index (χ1) is 11.3. The van der Waals surface area contributed by atoms with E-state index in [2.05, 4.69) is 15.5 Å². The summed E-state index contributed by atoms with van der Waals surface area (Å²) in [5.41, 5.74) is 4.67. The third kappa shape index (κ3) is 2.63. The molecule has 0 spiro atoms. The van der Waals surface area contributed by atoms with Gasteiger partial charge in [-0.15, -0.1) is 16.9 Å². The van der Waals surface area contributed by atoms with Crippen molar-refractivity contribution in [2.45, 2.75) is 22.6 Å². The van der Waals surface area contributed by atoms with Crippen LogP contribution in [-0.2, 0) is 20.9 Å². The summed E-state index contributed by atoms with van der Waals surface area (Å²) in [4.78, 5) is 35.2. The fourth-order valence-corrected chi connectivity index (χ4v) is 4.59. The number of aliphatic carboxylic acids is 2. The minimum absolute atomic E-state index is 0.343. The Bertz CT molecular complexity index is 751. The second-order valence-electron chi connectivity index (χ2n) is 5.14. The molecule has 0 aromatic carbocycles. The summed E-state index contributed by atoms with van der Waals surface area (Å²) in [5, 5.41) is 28.4. The first-order valence-corrected chi connectivity index (χ1v) is 8.64. The normalized spacial score (nSPS) is 25.7. The minimum Gasteiger partial charge on any atom is -0.480 e. The zero-order valence-electron chi connectivity index (χ0n) is 12.0. The molecule has 0 aliphatic carbocycles. The summed E-state index contributed by atoms with van der Waals surface area (Å²) in [7, 11) is 0. The molecule has 13 heteroatoms. The van der Waals surface area contributed by atoms with Crippen LogP contribution in [0.25, 0.3) is 0 Å². The van der Waals surface area contributed by atoms with Crippen LogP contribution in [0.4, 0.5) is 0 Å². The van der Waals surface area contributed by atoms with Crippen molar-refractivity contribution in [3.05, 3.63) is 11.8 Å². The van der Waals surface area contributed by atoms with Crippen LogP contribution in [0.1, 0.15) is 0 Å². The van der Waals surface area contributed by atoms with E-state index in [4.69, 9.17) is 15.9 Å². The molecule has 0 bridgehead atoms. The quantitative estimate of drug-likeness (QED) is 0.300. The van der Waals surface area contributed by atoms with Crippen molar-refractivity contribution in [3.8, 4) is 0 Å². The van der Waals surface area contributed by atoms with Gasteiger partial charge in [-0.3, -0.25) is 9.59 Å². The number of thioether (sulfide) groups is 2. The van der Waals surface area contributed by atoms with Gasteiger partial charge in [-0.05, 0) is 16.0 Å². The van der Waals surface area contributed by atoms with Crippen molar-refractivity contribution in [3.63, 3.8) is 0 Å². The van der Waals surface area contributed by atoms with Crippen LogP contribution < -0.4 is 5.73 Å². The Morgan fingerprint density at radius 2 is 2.25 bits per heavy atom.